The molecule has 2 aromatic carbocycles. The first-order valence-corrected chi connectivity index (χ1v) is 12.7. The van der Waals surface area contributed by atoms with Crippen molar-refractivity contribution in [2.75, 3.05) is 16.8 Å². The number of nitrogens with zero attached hydrogens (tertiary/aromatic N) is 9. The molecular weight excluding hydrogens is 512 g/mol. The lowest BCUT2D eigenvalue weighted by molar-refractivity contribution is -0.386. The molecule has 2 aromatic heterocycles. The Labute approximate surface area is 228 Å². The zero-order valence-corrected chi connectivity index (χ0v) is 21.7. The van der Waals surface area contributed by atoms with Gasteiger partial charge in [0.15, 0.2) is 5.69 Å². The number of rotatable bonds is 9. The smallest absolute Gasteiger partial charge is 0.351 e. The van der Waals surface area contributed by atoms with Gasteiger partial charge in [-0.3, -0.25) is 24.4 Å². The monoisotopic (exact) mass is 538 g/mol. The molecule has 1 N–H and O–H groups in total. The van der Waals surface area contributed by atoms with Gasteiger partial charge >= 0.3 is 11.2 Å². The maximum Gasteiger partial charge on any atom is 0.360 e. The van der Waals surface area contributed by atoms with Gasteiger partial charge in [-0.05, 0) is 42.5 Å². The van der Waals surface area contributed by atoms with E-state index in [4.69, 9.17) is 5.53 Å². The fourth-order valence-corrected chi connectivity index (χ4v) is 4.77. The minimum atomic E-state index is -0.692. The molecule has 13 heteroatoms. The van der Waals surface area contributed by atoms with Gasteiger partial charge in [0.25, 0.3) is 0 Å². The topological polar surface area (TPSA) is 168 Å². The average Bonchev–Trinajstić information content (AvgIpc) is 2.96. The lowest BCUT2D eigenvalue weighted by atomic mass is 10.0. The van der Waals surface area contributed by atoms with Crippen LogP contribution >= 0.6 is 0 Å². The average molecular weight is 539 g/mol. The Morgan fingerprint density at radius 1 is 1.12 bits per heavy atom. The summed E-state index contributed by atoms with van der Waals surface area (Å²) in [6.45, 7) is 3.15. The summed E-state index contributed by atoms with van der Waals surface area (Å²) in [5.74, 6) is 1.23. The molecule has 0 spiro atoms. The first kappa shape index (κ1) is 26.3. The minimum Gasteiger partial charge on any atom is -0.351 e. The first-order chi connectivity index (χ1) is 19.4. The molecule has 1 aliphatic rings. The summed E-state index contributed by atoms with van der Waals surface area (Å²) < 4.78 is 1.34. The van der Waals surface area contributed by atoms with E-state index in [1.54, 1.807) is 47.5 Å². The largest absolute Gasteiger partial charge is 0.360 e. The third-order valence-electron chi connectivity index (χ3n) is 6.50. The predicted octanol–water partition coefficient (Wildman–Crippen LogP) is 5.00. The molecule has 3 heterocycles. The van der Waals surface area contributed by atoms with Crippen LogP contribution in [0.3, 0.4) is 0 Å². The summed E-state index contributed by atoms with van der Waals surface area (Å²) in [6.07, 6.45) is 2.90. The van der Waals surface area contributed by atoms with Gasteiger partial charge in [-0.2, -0.15) is 4.98 Å². The Balaban J connectivity index is 1.43. The summed E-state index contributed by atoms with van der Waals surface area (Å²) in [5, 5.41) is 18.8. The van der Waals surface area contributed by atoms with Crippen molar-refractivity contribution in [3.8, 4) is 11.3 Å². The van der Waals surface area contributed by atoms with E-state index < -0.39 is 16.2 Å². The Kier molecular flexibility index (Phi) is 7.65. The van der Waals surface area contributed by atoms with Crippen molar-refractivity contribution in [3.05, 3.63) is 109 Å². The van der Waals surface area contributed by atoms with Crippen LogP contribution in [0.5, 0.6) is 0 Å². The van der Waals surface area contributed by atoms with E-state index in [0.29, 0.717) is 55.8 Å². The van der Waals surface area contributed by atoms with Crippen molar-refractivity contribution in [1.82, 2.24) is 19.5 Å². The van der Waals surface area contributed by atoms with Crippen LogP contribution in [0.1, 0.15) is 24.5 Å². The Hall–Kier alpha value is -5.29. The standard InChI is InChI=1S/C27H26N10O3/c1-18(15-19-7-5-8-20(16-19)17-30-34-28)31-26-29-12-11-22(32-26)35-13-6-14-36-25(38)24(37(39)40)23(33-27(35)36)21-9-3-2-4-10-21/h2-5,7-12,16,18H,6,13-15,17H2,1H3,(H,29,31,32). The predicted molar refractivity (Wildman–Crippen MR) is 150 cm³/mol. The second-order valence-corrected chi connectivity index (χ2v) is 9.39. The number of benzene rings is 2. The molecule has 1 atom stereocenters. The van der Waals surface area contributed by atoms with Gasteiger partial charge in [0.2, 0.25) is 11.9 Å². The molecule has 0 fully saturated rings. The number of hydrogen-bond acceptors (Lipinski definition) is 9. The molecule has 1 unspecified atom stereocenters. The van der Waals surface area contributed by atoms with Gasteiger partial charge in [-0.15, -0.1) is 0 Å². The molecule has 5 rings (SSSR count). The normalized spacial score (nSPS) is 13.2. The molecule has 0 amide bonds. The van der Waals surface area contributed by atoms with Crippen molar-refractivity contribution in [3.63, 3.8) is 0 Å². The third-order valence-corrected chi connectivity index (χ3v) is 6.50. The van der Waals surface area contributed by atoms with Gasteiger partial charge in [-0.25, -0.2) is 9.97 Å². The van der Waals surface area contributed by atoms with Crippen molar-refractivity contribution >= 4 is 23.4 Å². The molecule has 0 aliphatic carbocycles. The van der Waals surface area contributed by atoms with Gasteiger partial charge in [0, 0.05) is 35.8 Å². The lowest BCUT2D eigenvalue weighted by Crippen LogP contribution is -2.37. The van der Waals surface area contributed by atoms with Crippen molar-refractivity contribution < 1.29 is 4.92 Å². The quantitative estimate of drug-likeness (QED) is 0.102. The molecule has 4 aromatic rings. The molecule has 0 bridgehead atoms. The second kappa shape index (κ2) is 11.6. The zero-order valence-electron chi connectivity index (χ0n) is 21.7. The fourth-order valence-electron chi connectivity index (χ4n) is 4.77. The molecule has 0 saturated carbocycles. The Bertz CT molecular complexity index is 1650. The molecule has 202 valence electrons. The van der Waals surface area contributed by atoms with E-state index in [0.717, 1.165) is 11.1 Å². The van der Waals surface area contributed by atoms with E-state index in [9.17, 15) is 14.9 Å². The summed E-state index contributed by atoms with van der Waals surface area (Å²) in [6, 6.07) is 18.2. The van der Waals surface area contributed by atoms with Crippen LogP contribution in [0, 0.1) is 10.1 Å². The SMILES string of the molecule is CC(Cc1cccc(CN=[N+]=[N-])c1)Nc1nccc(N2CCCn3c2nc(-c2ccccc2)c([N+](=O)[O-])c3=O)n1. The van der Waals surface area contributed by atoms with Crippen LogP contribution in [0.15, 0.2) is 76.8 Å². The number of nitro groups is 1. The zero-order chi connectivity index (χ0) is 28.1. The number of nitrogens with one attached hydrogen (secondary N) is 1. The fraction of sp³-hybridized carbons (Fsp3) is 0.259. The highest BCUT2D eigenvalue weighted by molar-refractivity contribution is 5.71. The van der Waals surface area contributed by atoms with E-state index in [-0.39, 0.29) is 11.7 Å². The van der Waals surface area contributed by atoms with Crippen LogP contribution in [0.2, 0.25) is 0 Å². The maximum atomic E-state index is 13.3. The summed E-state index contributed by atoms with van der Waals surface area (Å²) in [7, 11) is 0. The molecule has 13 nitrogen and oxygen atoms in total. The summed E-state index contributed by atoms with van der Waals surface area (Å²) in [4.78, 5) is 42.8. The van der Waals surface area contributed by atoms with E-state index in [1.807, 2.05) is 31.2 Å². The number of azide groups is 1. The molecule has 0 radical (unpaired) electrons. The maximum absolute atomic E-state index is 13.3. The van der Waals surface area contributed by atoms with Gasteiger partial charge in [0.05, 0.1) is 11.5 Å². The lowest BCUT2D eigenvalue weighted by Gasteiger charge is -2.30. The van der Waals surface area contributed by atoms with E-state index in [1.165, 1.54) is 4.57 Å². The highest BCUT2D eigenvalue weighted by Gasteiger charge is 2.31. The van der Waals surface area contributed by atoms with E-state index in [2.05, 4.69) is 30.3 Å². The summed E-state index contributed by atoms with van der Waals surface area (Å²) in [5.41, 5.74) is 9.86. The van der Waals surface area contributed by atoms with Crippen molar-refractivity contribution in [1.29, 1.82) is 0 Å². The van der Waals surface area contributed by atoms with Crippen molar-refractivity contribution in [2.24, 2.45) is 5.11 Å². The Morgan fingerprint density at radius 3 is 2.70 bits per heavy atom. The number of aromatic nitrogens is 4. The molecule has 40 heavy (non-hydrogen) atoms. The molecular formula is C27H26N10O3. The van der Waals surface area contributed by atoms with Crippen LogP contribution in [0.25, 0.3) is 21.7 Å². The van der Waals surface area contributed by atoms with E-state index >= 15 is 0 Å². The van der Waals surface area contributed by atoms with Gasteiger partial charge < -0.3 is 5.32 Å². The van der Waals surface area contributed by atoms with Crippen molar-refractivity contribution in [2.45, 2.75) is 38.9 Å². The van der Waals surface area contributed by atoms with Crippen LogP contribution in [0.4, 0.5) is 23.4 Å². The first-order valence-electron chi connectivity index (χ1n) is 12.7. The Morgan fingerprint density at radius 2 is 1.93 bits per heavy atom. The molecule has 1 aliphatic heterocycles. The third kappa shape index (κ3) is 5.59. The highest BCUT2D eigenvalue weighted by Crippen LogP contribution is 2.32. The van der Waals surface area contributed by atoms with Crippen LogP contribution in [-0.2, 0) is 19.5 Å². The molecule has 0 saturated heterocycles. The van der Waals surface area contributed by atoms with Gasteiger partial charge in [0.1, 0.15) is 5.82 Å². The highest BCUT2D eigenvalue weighted by atomic mass is 16.6. The summed E-state index contributed by atoms with van der Waals surface area (Å²) >= 11 is 0. The number of hydrogen-bond donors (Lipinski definition) is 1. The minimum absolute atomic E-state index is 0.0216. The van der Waals surface area contributed by atoms with Crippen LogP contribution in [-0.4, -0.2) is 37.0 Å². The second-order valence-electron chi connectivity index (χ2n) is 9.39. The number of anilines is 3. The number of fused-ring (bicyclic) bond motifs is 1. The van der Waals surface area contributed by atoms with Gasteiger partial charge in [-0.1, -0.05) is 59.7 Å². The van der Waals surface area contributed by atoms with Crippen LogP contribution < -0.4 is 15.8 Å².